The lowest BCUT2D eigenvalue weighted by Crippen LogP contribution is -2.20. The van der Waals surface area contributed by atoms with Gasteiger partial charge in [-0.3, -0.25) is 4.79 Å². The molecule has 3 aromatic rings. The zero-order chi connectivity index (χ0) is 18.7. The van der Waals surface area contributed by atoms with Gasteiger partial charge < -0.3 is 5.32 Å². The van der Waals surface area contributed by atoms with Gasteiger partial charge in [0.25, 0.3) is 5.91 Å². The van der Waals surface area contributed by atoms with E-state index < -0.39 is 23.2 Å². The summed E-state index contributed by atoms with van der Waals surface area (Å²) in [6, 6.07) is 13.2. The van der Waals surface area contributed by atoms with E-state index in [1.165, 1.54) is 29.1 Å². The van der Waals surface area contributed by atoms with E-state index in [9.17, 15) is 18.0 Å². The van der Waals surface area contributed by atoms with Crippen LogP contribution in [0, 0.1) is 0 Å². The standard InChI is InChI=1S/C18H13ClF3N3O/c19-13-5-3-4-12(10-13)11-25-16(8-9-23-25)24-17(26)14-6-1-2-7-15(14)18(20,21)22/h1-10H,11H2,(H,24,26). The normalized spacial score (nSPS) is 11.4. The highest BCUT2D eigenvalue weighted by Gasteiger charge is 2.34. The highest BCUT2D eigenvalue weighted by atomic mass is 35.5. The summed E-state index contributed by atoms with van der Waals surface area (Å²) >= 11 is 5.94. The van der Waals surface area contributed by atoms with Gasteiger partial charge in [-0.25, -0.2) is 4.68 Å². The maximum atomic E-state index is 13.1. The smallest absolute Gasteiger partial charge is 0.307 e. The van der Waals surface area contributed by atoms with Crippen LogP contribution in [0.4, 0.5) is 19.0 Å². The van der Waals surface area contributed by atoms with Crippen molar-refractivity contribution in [2.45, 2.75) is 12.7 Å². The molecule has 0 spiro atoms. The van der Waals surface area contributed by atoms with Crippen molar-refractivity contribution in [2.24, 2.45) is 0 Å². The molecule has 1 N–H and O–H groups in total. The van der Waals surface area contributed by atoms with Crippen LogP contribution in [0.1, 0.15) is 21.5 Å². The summed E-state index contributed by atoms with van der Waals surface area (Å²) in [4.78, 5) is 12.4. The topological polar surface area (TPSA) is 46.9 Å². The third-order valence-electron chi connectivity index (χ3n) is 3.66. The second kappa shape index (κ2) is 7.21. The van der Waals surface area contributed by atoms with Gasteiger partial charge in [0.2, 0.25) is 0 Å². The third-order valence-corrected chi connectivity index (χ3v) is 3.89. The molecule has 8 heteroatoms. The Morgan fingerprint density at radius 3 is 2.62 bits per heavy atom. The number of aromatic nitrogens is 2. The van der Waals surface area contributed by atoms with Crippen LogP contribution in [-0.4, -0.2) is 15.7 Å². The lowest BCUT2D eigenvalue weighted by Gasteiger charge is -2.13. The molecule has 0 aliphatic heterocycles. The largest absolute Gasteiger partial charge is 0.417 e. The number of halogens is 4. The Morgan fingerprint density at radius 1 is 1.12 bits per heavy atom. The first kappa shape index (κ1) is 18.0. The summed E-state index contributed by atoms with van der Waals surface area (Å²) in [5, 5.41) is 7.13. The molecule has 0 atom stereocenters. The molecule has 1 aromatic heterocycles. The molecular formula is C18H13ClF3N3O. The van der Waals surface area contributed by atoms with Crippen molar-refractivity contribution in [2.75, 3.05) is 5.32 Å². The minimum atomic E-state index is -4.62. The van der Waals surface area contributed by atoms with E-state index in [0.29, 0.717) is 11.6 Å². The molecule has 134 valence electrons. The zero-order valence-corrected chi connectivity index (χ0v) is 14.1. The van der Waals surface area contributed by atoms with E-state index in [-0.39, 0.29) is 5.82 Å². The molecule has 1 amide bonds. The fourth-order valence-electron chi connectivity index (χ4n) is 2.49. The molecule has 1 heterocycles. The van der Waals surface area contributed by atoms with Gasteiger partial charge in [-0.15, -0.1) is 0 Å². The summed E-state index contributed by atoms with van der Waals surface area (Å²) in [5.41, 5.74) is -0.596. The minimum absolute atomic E-state index is 0.284. The maximum Gasteiger partial charge on any atom is 0.417 e. The lowest BCUT2D eigenvalue weighted by molar-refractivity contribution is -0.137. The van der Waals surface area contributed by atoms with Gasteiger partial charge in [0.15, 0.2) is 0 Å². The van der Waals surface area contributed by atoms with E-state index in [4.69, 9.17) is 11.6 Å². The second-order valence-electron chi connectivity index (χ2n) is 5.50. The molecule has 0 saturated carbocycles. The average molecular weight is 380 g/mol. The number of hydrogen-bond acceptors (Lipinski definition) is 2. The molecule has 2 aromatic carbocycles. The number of carbonyl (C=O) groups is 1. The summed E-state index contributed by atoms with van der Waals surface area (Å²) in [7, 11) is 0. The highest BCUT2D eigenvalue weighted by molar-refractivity contribution is 6.30. The predicted octanol–water partition coefficient (Wildman–Crippen LogP) is 4.86. The van der Waals surface area contributed by atoms with Crippen molar-refractivity contribution in [1.82, 2.24) is 9.78 Å². The van der Waals surface area contributed by atoms with Crippen molar-refractivity contribution in [3.63, 3.8) is 0 Å². The monoisotopic (exact) mass is 379 g/mol. The second-order valence-corrected chi connectivity index (χ2v) is 5.94. The van der Waals surface area contributed by atoms with Crippen LogP contribution < -0.4 is 5.32 Å². The predicted molar refractivity (Wildman–Crippen MR) is 92.2 cm³/mol. The van der Waals surface area contributed by atoms with Crippen molar-refractivity contribution in [3.8, 4) is 0 Å². The quantitative estimate of drug-likeness (QED) is 0.704. The molecule has 26 heavy (non-hydrogen) atoms. The van der Waals surface area contributed by atoms with Crippen LogP contribution >= 0.6 is 11.6 Å². The fourth-order valence-corrected chi connectivity index (χ4v) is 2.70. The summed E-state index contributed by atoms with van der Waals surface area (Å²) in [5.74, 6) is -0.572. The van der Waals surface area contributed by atoms with Gasteiger partial charge >= 0.3 is 6.18 Å². The van der Waals surface area contributed by atoms with Gasteiger partial charge in [-0.05, 0) is 29.8 Å². The molecule has 0 unspecified atom stereocenters. The first-order valence-corrected chi connectivity index (χ1v) is 7.96. The first-order chi connectivity index (χ1) is 12.3. The Hall–Kier alpha value is -2.80. The van der Waals surface area contributed by atoms with Crippen LogP contribution in [0.2, 0.25) is 5.02 Å². The Morgan fingerprint density at radius 2 is 1.88 bits per heavy atom. The third kappa shape index (κ3) is 4.05. The fraction of sp³-hybridized carbons (Fsp3) is 0.111. The van der Waals surface area contributed by atoms with Gasteiger partial charge in [0.1, 0.15) is 5.82 Å². The van der Waals surface area contributed by atoms with Crippen LogP contribution in [0.5, 0.6) is 0 Å². The number of rotatable bonds is 4. The average Bonchev–Trinajstić information content (AvgIpc) is 3.01. The number of carbonyl (C=O) groups excluding carboxylic acids is 1. The first-order valence-electron chi connectivity index (χ1n) is 7.58. The number of nitrogens with zero attached hydrogens (tertiary/aromatic N) is 2. The molecule has 0 radical (unpaired) electrons. The number of nitrogens with one attached hydrogen (secondary N) is 1. The molecule has 0 saturated heterocycles. The Labute approximate surface area is 152 Å². The molecular weight excluding hydrogens is 367 g/mol. The molecule has 4 nitrogen and oxygen atoms in total. The van der Waals surface area contributed by atoms with Gasteiger partial charge in [-0.2, -0.15) is 18.3 Å². The molecule has 3 rings (SSSR count). The van der Waals surface area contributed by atoms with Crippen LogP contribution in [0.25, 0.3) is 0 Å². The van der Waals surface area contributed by atoms with Crippen molar-refractivity contribution >= 4 is 23.3 Å². The molecule has 0 aliphatic carbocycles. The van der Waals surface area contributed by atoms with E-state index >= 15 is 0 Å². The van der Waals surface area contributed by atoms with E-state index in [2.05, 4.69) is 10.4 Å². The van der Waals surface area contributed by atoms with Crippen molar-refractivity contribution in [1.29, 1.82) is 0 Å². The Balaban J connectivity index is 1.83. The summed E-state index contributed by atoms with van der Waals surface area (Å²) < 4.78 is 40.7. The van der Waals surface area contributed by atoms with Crippen LogP contribution in [0.15, 0.2) is 60.8 Å². The van der Waals surface area contributed by atoms with Gasteiger partial charge in [0.05, 0.1) is 23.9 Å². The maximum absolute atomic E-state index is 13.1. The lowest BCUT2D eigenvalue weighted by atomic mass is 10.1. The summed E-state index contributed by atoms with van der Waals surface area (Å²) in [6.45, 7) is 0.310. The van der Waals surface area contributed by atoms with Gasteiger partial charge in [0, 0.05) is 11.1 Å². The number of benzene rings is 2. The summed E-state index contributed by atoms with van der Waals surface area (Å²) in [6.07, 6.45) is -3.16. The number of amides is 1. The SMILES string of the molecule is O=C(Nc1ccnn1Cc1cccc(Cl)c1)c1ccccc1C(F)(F)F. The molecule has 0 fully saturated rings. The van der Waals surface area contributed by atoms with Crippen LogP contribution in [0.3, 0.4) is 0 Å². The van der Waals surface area contributed by atoms with E-state index in [1.807, 2.05) is 6.07 Å². The number of anilines is 1. The Kier molecular flexibility index (Phi) is 4.99. The number of alkyl halides is 3. The van der Waals surface area contributed by atoms with E-state index in [1.54, 1.807) is 18.2 Å². The van der Waals surface area contributed by atoms with Crippen molar-refractivity contribution < 1.29 is 18.0 Å². The van der Waals surface area contributed by atoms with Gasteiger partial charge in [-0.1, -0.05) is 35.9 Å². The minimum Gasteiger partial charge on any atom is -0.307 e. The zero-order valence-electron chi connectivity index (χ0n) is 13.3. The van der Waals surface area contributed by atoms with E-state index in [0.717, 1.165) is 17.7 Å². The Bertz CT molecular complexity index is 937. The molecule has 0 bridgehead atoms. The highest BCUT2D eigenvalue weighted by Crippen LogP contribution is 2.32. The van der Waals surface area contributed by atoms with Crippen molar-refractivity contribution in [3.05, 3.63) is 82.5 Å². The number of hydrogen-bond donors (Lipinski definition) is 1. The molecule has 0 aliphatic rings. The van der Waals surface area contributed by atoms with Crippen LogP contribution in [-0.2, 0) is 12.7 Å².